The van der Waals surface area contributed by atoms with Crippen molar-refractivity contribution in [2.75, 3.05) is 0 Å². The van der Waals surface area contributed by atoms with E-state index in [0.29, 0.717) is 17.5 Å². The summed E-state index contributed by atoms with van der Waals surface area (Å²) in [6.45, 7) is 2.31. The first kappa shape index (κ1) is 13.2. The van der Waals surface area contributed by atoms with Crippen LogP contribution in [0.3, 0.4) is 0 Å². The van der Waals surface area contributed by atoms with Crippen LogP contribution in [-0.4, -0.2) is 10.8 Å². The van der Waals surface area contributed by atoms with Crippen molar-refractivity contribution in [2.45, 2.75) is 13.5 Å². The van der Waals surface area contributed by atoms with Crippen LogP contribution in [0.15, 0.2) is 57.8 Å². The molecule has 1 N–H and O–H groups in total. The minimum Gasteiger partial charge on any atom is -0.366 e. The molecule has 1 aromatic heterocycles. The number of rotatable bonds is 2. The number of aryl methyl sites for hydroxylation is 1. The first-order valence-corrected chi connectivity index (χ1v) is 6.60. The number of fused-ring (bicyclic) bond motifs is 1. The Labute approximate surface area is 120 Å². The summed E-state index contributed by atoms with van der Waals surface area (Å²) in [7, 11) is 0. The molecule has 3 aromatic rings. The first-order chi connectivity index (χ1) is 10.2. The van der Waals surface area contributed by atoms with Crippen LogP contribution in [0.1, 0.15) is 11.1 Å². The highest BCUT2D eigenvalue weighted by atomic mass is 16.5. The number of nitrogens with one attached hydrogen (secondary N) is 1. The van der Waals surface area contributed by atoms with Crippen molar-refractivity contribution in [3.05, 3.63) is 70.0 Å². The Hall–Kier alpha value is -2.82. The summed E-state index contributed by atoms with van der Waals surface area (Å²) in [5.41, 5.74) is 2.02. The summed E-state index contributed by atoms with van der Waals surface area (Å²) >= 11 is 0. The topological polar surface area (TPSA) is 64.2 Å². The molecule has 2 aromatic carbocycles. The van der Waals surface area contributed by atoms with Gasteiger partial charge in [0, 0.05) is 6.54 Å². The molecule has 3 rings (SSSR count). The second-order valence-corrected chi connectivity index (χ2v) is 4.77. The average Bonchev–Trinajstić information content (AvgIpc) is 2.84. The van der Waals surface area contributed by atoms with Gasteiger partial charge in [-0.15, -0.1) is 0 Å². The van der Waals surface area contributed by atoms with Gasteiger partial charge in [-0.2, -0.15) is 0 Å². The molecule has 0 aliphatic heterocycles. The van der Waals surface area contributed by atoms with Gasteiger partial charge in [0.15, 0.2) is 5.58 Å². The highest BCUT2D eigenvalue weighted by Gasteiger charge is 2.14. The summed E-state index contributed by atoms with van der Waals surface area (Å²) in [6, 6.07) is 13.9. The summed E-state index contributed by atoms with van der Waals surface area (Å²) in [4.78, 5) is 24.1. The Morgan fingerprint density at radius 3 is 2.62 bits per heavy atom. The molecule has 106 valence electrons. The number of hydrogen-bond acceptors (Lipinski definition) is 3. The predicted octanol–water partition coefficient (Wildman–Crippen LogP) is 2.66. The summed E-state index contributed by atoms with van der Waals surface area (Å²) in [5, 5.41) is 3.08. The van der Waals surface area contributed by atoms with Crippen LogP contribution in [0.5, 0.6) is 0 Å². The maximum atomic E-state index is 12.1. The molecule has 21 heavy (non-hydrogen) atoms. The Kier molecular flexibility index (Phi) is 3.31. The van der Waals surface area contributed by atoms with Gasteiger partial charge in [0.05, 0.1) is 5.39 Å². The number of nitrogens with zero attached hydrogens (tertiary/aromatic N) is 1. The number of benzene rings is 2. The van der Waals surface area contributed by atoms with E-state index in [1.54, 1.807) is 24.3 Å². The lowest BCUT2D eigenvalue weighted by atomic mass is 10.1. The molecule has 1 heterocycles. The maximum Gasteiger partial charge on any atom is 0.358 e. The lowest BCUT2D eigenvalue weighted by Gasteiger charge is -2.06. The van der Waals surface area contributed by atoms with Gasteiger partial charge in [-0.25, -0.2) is 4.79 Å². The smallest absolute Gasteiger partial charge is 0.358 e. The lowest BCUT2D eigenvalue weighted by molar-refractivity contribution is 0.213. The minimum atomic E-state index is -0.570. The number of carbonyl (C=O) groups is 1. The summed E-state index contributed by atoms with van der Waals surface area (Å²) in [6.07, 6.45) is 0. The third-order valence-corrected chi connectivity index (χ3v) is 3.37. The van der Waals surface area contributed by atoms with Gasteiger partial charge in [-0.1, -0.05) is 41.1 Å². The Balaban J connectivity index is 1.83. The zero-order valence-electron chi connectivity index (χ0n) is 11.5. The number of para-hydroxylation sites is 1. The van der Waals surface area contributed by atoms with Crippen molar-refractivity contribution in [3.63, 3.8) is 0 Å². The zero-order valence-corrected chi connectivity index (χ0v) is 11.5. The number of hydrogen-bond donors (Lipinski definition) is 1. The van der Waals surface area contributed by atoms with E-state index in [-0.39, 0.29) is 0 Å². The number of amides is 1. The Morgan fingerprint density at radius 2 is 1.86 bits per heavy atom. The lowest BCUT2D eigenvalue weighted by Crippen LogP contribution is -2.33. The average molecular weight is 282 g/mol. The van der Waals surface area contributed by atoms with Crippen LogP contribution in [0, 0.1) is 6.92 Å². The number of aromatic nitrogens is 1. The van der Waals surface area contributed by atoms with Crippen molar-refractivity contribution >= 4 is 17.0 Å². The van der Waals surface area contributed by atoms with Crippen LogP contribution in [-0.2, 0) is 6.54 Å². The quantitative estimate of drug-likeness (QED) is 0.786. The van der Waals surface area contributed by atoms with E-state index < -0.39 is 11.6 Å². The SMILES string of the molecule is Cc1ccccc1CNC(=O)n1oc2ccccc2c1=O. The summed E-state index contributed by atoms with van der Waals surface area (Å²) < 4.78 is 6.02. The molecule has 1 amide bonds. The molecular formula is C16H14N2O3. The molecule has 0 radical (unpaired) electrons. The third kappa shape index (κ3) is 2.45. The molecule has 5 nitrogen and oxygen atoms in total. The van der Waals surface area contributed by atoms with Crippen molar-refractivity contribution in [1.29, 1.82) is 0 Å². The van der Waals surface area contributed by atoms with Crippen molar-refractivity contribution in [3.8, 4) is 0 Å². The van der Waals surface area contributed by atoms with E-state index in [0.717, 1.165) is 15.9 Å². The molecule has 0 bridgehead atoms. The molecule has 0 saturated heterocycles. The van der Waals surface area contributed by atoms with Crippen molar-refractivity contribution in [2.24, 2.45) is 0 Å². The Morgan fingerprint density at radius 1 is 1.14 bits per heavy atom. The molecule has 0 fully saturated rings. The van der Waals surface area contributed by atoms with E-state index >= 15 is 0 Å². The van der Waals surface area contributed by atoms with Gasteiger partial charge < -0.3 is 9.84 Å². The predicted molar refractivity (Wildman–Crippen MR) is 79.3 cm³/mol. The number of carbonyl (C=O) groups excluding carboxylic acids is 1. The molecule has 0 spiro atoms. The minimum absolute atomic E-state index is 0.342. The zero-order chi connectivity index (χ0) is 14.8. The standard InChI is InChI=1S/C16H14N2O3/c1-11-6-2-3-7-12(11)10-17-16(20)18-15(19)13-8-4-5-9-14(13)21-18/h2-9H,10H2,1H3,(H,17,20). The molecule has 0 saturated carbocycles. The van der Waals surface area contributed by atoms with Crippen molar-refractivity contribution in [1.82, 2.24) is 10.1 Å². The van der Waals surface area contributed by atoms with Gasteiger partial charge in [-0.05, 0) is 30.2 Å². The van der Waals surface area contributed by atoms with Crippen LogP contribution < -0.4 is 10.9 Å². The highest BCUT2D eigenvalue weighted by molar-refractivity contribution is 5.82. The molecule has 0 aliphatic rings. The molecule has 5 heteroatoms. The van der Waals surface area contributed by atoms with Crippen LogP contribution >= 0.6 is 0 Å². The monoisotopic (exact) mass is 282 g/mol. The highest BCUT2D eigenvalue weighted by Crippen LogP contribution is 2.10. The largest absolute Gasteiger partial charge is 0.366 e. The van der Waals surface area contributed by atoms with E-state index in [9.17, 15) is 9.59 Å². The Bertz CT molecular complexity index is 861. The van der Waals surface area contributed by atoms with E-state index in [1.807, 2.05) is 31.2 Å². The third-order valence-electron chi connectivity index (χ3n) is 3.37. The van der Waals surface area contributed by atoms with E-state index in [4.69, 9.17) is 4.52 Å². The van der Waals surface area contributed by atoms with Gasteiger partial charge in [0.25, 0.3) is 5.56 Å². The first-order valence-electron chi connectivity index (χ1n) is 6.60. The van der Waals surface area contributed by atoms with Crippen LogP contribution in [0.25, 0.3) is 11.0 Å². The fraction of sp³-hybridized carbons (Fsp3) is 0.125. The van der Waals surface area contributed by atoms with Crippen LogP contribution in [0.2, 0.25) is 0 Å². The maximum absolute atomic E-state index is 12.1. The molecular weight excluding hydrogens is 268 g/mol. The molecule has 0 aliphatic carbocycles. The van der Waals surface area contributed by atoms with E-state index in [2.05, 4.69) is 5.32 Å². The van der Waals surface area contributed by atoms with Crippen LogP contribution in [0.4, 0.5) is 4.79 Å². The second-order valence-electron chi connectivity index (χ2n) is 4.77. The van der Waals surface area contributed by atoms with Gasteiger partial charge >= 0.3 is 6.03 Å². The van der Waals surface area contributed by atoms with Gasteiger partial charge in [0.2, 0.25) is 0 Å². The fourth-order valence-corrected chi connectivity index (χ4v) is 2.16. The normalized spacial score (nSPS) is 10.7. The van der Waals surface area contributed by atoms with Gasteiger partial charge in [-0.3, -0.25) is 4.79 Å². The fourth-order valence-electron chi connectivity index (χ4n) is 2.16. The van der Waals surface area contributed by atoms with Crippen molar-refractivity contribution < 1.29 is 9.32 Å². The van der Waals surface area contributed by atoms with Gasteiger partial charge in [0.1, 0.15) is 0 Å². The second kappa shape index (κ2) is 5.28. The summed E-state index contributed by atoms with van der Waals surface area (Å²) in [5.74, 6) is 0. The molecule has 0 unspecified atom stereocenters. The molecule has 0 atom stereocenters. The van der Waals surface area contributed by atoms with E-state index in [1.165, 1.54) is 0 Å².